The van der Waals surface area contributed by atoms with Crippen LogP contribution >= 0.6 is 11.8 Å². The molecule has 0 aliphatic carbocycles. The number of imidazole rings is 1. The molecule has 1 atom stereocenters. The summed E-state index contributed by atoms with van der Waals surface area (Å²) in [6.45, 7) is 4.95. The van der Waals surface area contributed by atoms with Crippen LogP contribution in [0.25, 0.3) is 11.1 Å². The van der Waals surface area contributed by atoms with Gasteiger partial charge in [0.1, 0.15) is 0 Å². The highest BCUT2D eigenvalue weighted by Gasteiger charge is 2.18. The van der Waals surface area contributed by atoms with Crippen LogP contribution in [0.3, 0.4) is 0 Å². The van der Waals surface area contributed by atoms with Gasteiger partial charge in [-0.15, -0.1) is 0 Å². The molecule has 2 aromatic carbocycles. The summed E-state index contributed by atoms with van der Waals surface area (Å²) in [7, 11) is 0. The monoisotopic (exact) mass is 365 g/mol. The van der Waals surface area contributed by atoms with Gasteiger partial charge < -0.3 is 9.88 Å². The van der Waals surface area contributed by atoms with Gasteiger partial charge in [-0.1, -0.05) is 67.2 Å². The Morgan fingerprint density at radius 3 is 2.65 bits per heavy atom. The molecule has 0 aliphatic heterocycles. The summed E-state index contributed by atoms with van der Waals surface area (Å²) in [6, 6.07) is 18.0. The molecular weight excluding hydrogens is 342 g/mol. The Balaban J connectivity index is 1.73. The molecule has 4 nitrogen and oxygen atoms in total. The molecule has 1 aromatic heterocycles. The highest BCUT2D eigenvalue weighted by molar-refractivity contribution is 8.00. The molecule has 0 aliphatic rings. The summed E-state index contributed by atoms with van der Waals surface area (Å²) in [5.41, 5.74) is 2.93. The quantitative estimate of drug-likeness (QED) is 0.594. The Kier molecular flexibility index (Phi) is 6.12. The number of nitrogens with one attached hydrogen (secondary N) is 1. The number of nitrogens with zero attached hydrogens (tertiary/aromatic N) is 2. The van der Waals surface area contributed by atoms with E-state index in [1.54, 1.807) is 6.20 Å². The van der Waals surface area contributed by atoms with E-state index >= 15 is 0 Å². The molecule has 134 valence electrons. The summed E-state index contributed by atoms with van der Waals surface area (Å²) in [5.74, 6) is -0.0237. The molecule has 1 N–H and O–H groups in total. The first kappa shape index (κ1) is 18.3. The molecule has 0 radical (unpaired) electrons. The van der Waals surface area contributed by atoms with Gasteiger partial charge in [-0.3, -0.25) is 4.79 Å². The van der Waals surface area contributed by atoms with E-state index in [9.17, 15) is 4.79 Å². The van der Waals surface area contributed by atoms with Crippen LogP contribution in [0.4, 0.5) is 5.69 Å². The topological polar surface area (TPSA) is 46.9 Å². The number of carbonyl (C=O) groups excluding carboxylic acids is 1. The second-order valence-electron chi connectivity index (χ2n) is 6.06. The van der Waals surface area contributed by atoms with E-state index in [1.165, 1.54) is 11.8 Å². The lowest BCUT2D eigenvalue weighted by atomic mass is 10.0. The first-order valence-electron chi connectivity index (χ1n) is 8.82. The zero-order valence-corrected chi connectivity index (χ0v) is 15.9. The third-order valence-electron chi connectivity index (χ3n) is 4.06. The lowest BCUT2D eigenvalue weighted by Gasteiger charge is -2.15. The smallest absolute Gasteiger partial charge is 0.237 e. The molecular formula is C21H23N3OS. The zero-order chi connectivity index (χ0) is 18.4. The van der Waals surface area contributed by atoms with Gasteiger partial charge in [-0.05, 0) is 25.0 Å². The Hall–Kier alpha value is -2.53. The summed E-state index contributed by atoms with van der Waals surface area (Å²) in [4.78, 5) is 17.1. The number of benzene rings is 2. The molecule has 0 saturated carbocycles. The summed E-state index contributed by atoms with van der Waals surface area (Å²) in [5, 5.41) is 3.72. The number of rotatable bonds is 7. The van der Waals surface area contributed by atoms with Crippen LogP contribution in [0.2, 0.25) is 0 Å². The summed E-state index contributed by atoms with van der Waals surface area (Å²) >= 11 is 1.49. The molecule has 1 unspecified atom stereocenters. The van der Waals surface area contributed by atoms with E-state index in [4.69, 9.17) is 0 Å². The van der Waals surface area contributed by atoms with Crippen LogP contribution in [0.5, 0.6) is 0 Å². The van der Waals surface area contributed by atoms with Gasteiger partial charge in [-0.2, -0.15) is 0 Å². The number of thioether (sulfide) groups is 1. The van der Waals surface area contributed by atoms with Crippen molar-refractivity contribution in [3.63, 3.8) is 0 Å². The van der Waals surface area contributed by atoms with Crippen LogP contribution in [-0.2, 0) is 11.3 Å². The summed E-state index contributed by atoms with van der Waals surface area (Å²) in [6.07, 6.45) is 4.78. The fourth-order valence-electron chi connectivity index (χ4n) is 2.73. The third-order valence-corrected chi connectivity index (χ3v) is 5.18. The number of amides is 1. The second kappa shape index (κ2) is 8.72. The number of aryl methyl sites for hydroxylation is 1. The highest BCUT2D eigenvalue weighted by atomic mass is 32.2. The fraction of sp³-hybridized carbons (Fsp3) is 0.238. The van der Waals surface area contributed by atoms with Gasteiger partial charge in [0, 0.05) is 30.2 Å². The van der Waals surface area contributed by atoms with Gasteiger partial charge in [0.25, 0.3) is 0 Å². The van der Waals surface area contributed by atoms with Crippen molar-refractivity contribution in [2.75, 3.05) is 5.32 Å². The number of hydrogen-bond donors (Lipinski definition) is 1. The van der Waals surface area contributed by atoms with Crippen molar-refractivity contribution in [3.05, 3.63) is 67.0 Å². The molecule has 0 fully saturated rings. The Labute approximate surface area is 158 Å². The molecule has 0 spiro atoms. The maximum atomic E-state index is 12.7. The lowest BCUT2D eigenvalue weighted by molar-refractivity contribution is -0.115. The molecule has 3 aromatic rings. The van der Waals surface area contributed by atoms with Gasteiger partial charge in [0.15, 0.2) is 5.16 Å². The predicted molar refractivity (Wildman–Crippen MR) is 108 cm³/mol. The third kappa shape index (κ3) is 4.35. The Morgan fingerprint density at radius 1 is 1.15 bits per heavy atom. The number of para-hydroxylation sites is 1. The van der Waals surface area contributed by atoms with Gasteiger partial charge in [0.2, 0.25) is 5.91 Å². The van der Waals surface area contributed by atoms with Crippen LogP contribution < -0.4 is 5.32 Å². The summed E-state index contributed by atoms with van der Waals surface area (Å²) < 4.78 is 2.09. The maximum Gasteiger partial charge on any atom is 0.237 e. The lowest BCUT2D eigenvalue weighted by Crippen LogP contribution is -2.23. The number of carbonyl (C=O) groups is 1. The van der Waals surface area contributed by atoms with Gasteiger partial charge in [0.05, 0.1) is 5.25 Å². The van der Waals surface area contributed by atoms with Crippen molar-refractivity contribution >= 4 is 23.4 Å². The van der Waals surface area contributed by atoms with E-state index in [2.05, 4.69) is 21.8 Å². The molecule has 1 heterocycles. The van der Waals surface area contributed by atoms with E-state index in [1.807, 2.05) is 67.7 Å². The first-order valence-corrected chi connectivity index (χ1v) is 9.70. The van der Waals surface area contributed by atoms with Crippen LogP contribution in [0.15, 0.2) is 72.1 Å². The number of hydrogen-bond acceptors (Lipinski definition) is 3. The van der Waals surface area contributed by atoms with Gasteiger partial charge in [-0.25, -0.2) is 4.98 Å². The SMILES string of the molecule is CCCn1ccnc1SC(C)C(=O)Nc1ccccc1-c1ccccc1. The minimum absolute atomic E-state index is 0.0237. The van der Waals surface area contributed by atoms with Crippen LogP contribution in [0.1, 0.15) is 20.3 Å². The number of anilines is 1. The molecule has 1 amide bonds. The molecule has 3 rings (SSSR count). The molecule has 0 saturated heterocycles. The van der Waals surface area contributed by atoms with Gasteiger partial charge >= 0.3 is 0 Å². The average molecular weight is 366 g/mol. The van der Waals surface area contributed by atoms with E-state index in [-0.39, 0.29) is 11.2 Å². The zero-order valence-electron chi connectivity index (χ0n) is 15.1. The first-order chi connectivity index (χ1) is 12.7. The van der Waals surface area contributed by atoms with E-state index in [0.717, 1.165) is 34.9 Å². The van der Waals surface area contributed by atoms with Crippen LogP contribution in [-0.4, -0.2) is 20.7 Å². The normalized spacial score (nSPS) is 11.9. The van der Waals surface area contributed by atoms with Crippen molar-refractivity contribution in [2.45, 2.75) is 37.2 Å². The molecule has 5 heteroatoms. The van der Waals surface area contributed by atoms with Crippen molar-refractivity contribution in [2.24, 2.45) is 0 Å². The van der Waals surface area contributed by atoms with E-state index < -0.39 is 0 Å². The Morgan fingerprint density at radius 2 is 1.88 bits per heavy atom. The predicted octanol–water partition coefficient (Wildman–Crippen LogP) is 5.08. The standard InChI is InChI=1S/C21H23N3OS/c1-3-14-24-15-13-22-21(24)26-16(2)20(25)23-19-12-8-7-11-18(19)17-9-5-4-6-10-17/h4-13,15-16H,3,14H2,1-2H3,(H,23,25). The molecule has 26 heavy (non-hydrogen) atoms. The largest absolute Gasteiger partial charge is 0.326 e. The van der Waals surface area contributed by atoms with Crippen LogP contribution in [0, 0.1) is 0 Å². The number of aromatic nitrogens is 2. The van der Waals surface area contributed by atoms with E-state index in [0.29, 0.717) is 0 Å². The average Bonchev–Trinajstić information content (AvgIpc) is 3.10. The molecule has 0 bridgehead atoms. The van der Waals surface area contributed by atoms with Crippen molar-refractivity contribution in [1.82, 2.24) is 9.55 Å². The fourth-order valence-corrected chi connectivity index (χ4v) is 3.62. The highest BCUT2D eigenvalue weighted by Crippen LogP contribution is 2.29. The van der Waals surface area contributed by atoms with Crippen molar-refractivity contribution in [3.8, 4) is 11.1 Å². The minimum atomic E-state index is -0.239. The Bertz CT molecular complexity index is 860. The van der Waals surface area contributed by atoms with Crippen molar-refractivity contribution in [1.29, 1.82) is 0 Å². The second-order valence-corrected chi connectivity index (χ2v) is 7.37. The minimum Gasteiger partial charge on any atom is -0.326 e. The maximum absolute atomic E-state index is 12.7. The van der Waals surface area contributed by atoms with Crippen molar-refractivity contribution < 1.29 is 4.79 Å².